The van der Waals surface area contributed by atoms with Gasteiger partial charge in [0.15, 0.2) is 0 Å². The second kappa shape index (κ2) is 4.01. The molecule has 0 N–H and O–H groups in total. The average Bonchev–Trinajstić information content (AvgIpc) is 2.23. The summed E-state index contributed by atoms with van der Waals surface area (Å²) in [5.74, 6) is 2.21. The Hall–Kier alpha value is -0.590. The Bertz CT molecular complexity index is 317. The van der Waals surface area contributed by atoms with Crippen LogP contribution in [0.25, 0.3) is 0 Å². The van der Waals surface area contributed by atoms with E-state index >= 15 is 0 Å². The topological polar surface area (TPSA) is 17.1 Å². The van der Waals surface area contributed by atoms with Crippen LogP contribution in [0.5, 0.6) is 0 Å². The number of hydrogen-bond donors (Lipinski definition) is 0. The van der Waals surface area contributed by atoms with E-state index in [1.165, 1.54) is 18.4 Å². The largest absolute Gasteiger partial charge is 0.299 e. The lowest BCUT2D eigenvalue weighted by Crippen LogP contribution is -2.47. The van der Waals surface area contributed by atoms with E-state index in [1.807, 2.05) is 0 Å². The molecule has 2 aliphatic carbocycles. The Balaban J connectivity index is 2.23. The monoisotopic (exact) mass is 220 g/mol. The Morgan fingerprint density at radius 2 is 2.06 bits per heavy atom. The molecule has 0 unspecified atom stereocenters. The standard InChI is InChI=1S/C15H24O/c1-10(2)12-6-7-13-14(16)8-5-11(3)15(13,4)9-12/h11-13H,1,5-9H2,2-4H3/t11-,12+,13-,15+/m0/s1. The van der Waals surface area contributed by atoms with E-state index in [2.05, 4.69) is 27.4 Å². The molecule has 4 atom stereocenters. The zero-order valence-corrected chi connectivity index (χ0v) is 10.9. The maximum absolute atomic E-state index is 12.0. The van der Waals surface area contributed by atoms with Crippen molar-refractivity contribution in [2.45, 2.75) is 52.9 Å². The summed E-state index contributed by atoms with van der Waals surface area (Å²) in [6, 6.07) is 0. The molecule has 0 aromatic heterocycles. The number of allylic oxidation sites excluding steroid dienone is 1. The summed E-state index contributed by atoms with van der Waals surface area (Å²) in [6.07, 6.45) is 5.36. The molecule has 2 fully saturated rings. The second-order valence-corrected chi connectivity index (χ2v) is 6.29. The van der Waals surface area contributed by atoms with E-state index < -0.39 is 0 Å². The highest BCUT2D eigenvalue weighted by molar-refractivity contribution is 5.82. The van der Waals surface area contributed by atoms with Gasteiger partial charge >= 0.3 is 0 Å². The molecule has 0 spiro atoms. The van der Waals surface area contributed by atoms with Gasteiger partial charge in [-0.2, -0.15) is 0 Å². The molecule has 2 saturated carbocycles. The van der Waals surface area contributed by atoms with Crippen LogP contribution in [0.3, 0.4) is 0 Å². The molecule has 0 radical (unpaired) electrons. The third kappa shape index (κ3) is 1.74. The van der Waals surface area contributed by atoms with Crippen molar-refractivity contribution in [2.24, 2.45) is 23.2 Å². The fraction of sp³-hybridized carbons (Fsp3) is 0.800. The first-order valence-electron chi connectivity index (χ1n) is 6.63. The Morgan fingerprint density at radius 1 is 1.38 bits per heavy atom. The molecule has 16 heavy (non-hydrogen) atoms. The zero-order chi connectivity index (χ0) is 11.9. The molecule has 0 saturated heterocycles. The van der Waals surface area contributed by atoms with Gasteiger partial charge in [-0.3, -0.25) is 4.79 Å². The van der Waals surface area contributed by atoms with Gasteiger partial charge in [0.05, 0.1) is 0 Å². The Morgan fingerprint density at radius 3 is 2.69 bits per heavy atom. The van der Waals surface area contributed by atoms with E-state index in [0.29, 0.717) is 23.5 Å². The van der Waals surface area contributed by atoms with Crippen LogP contribution in [-0.4, -0.2) is 5.78 Å². The van der Waals surface area contributed by atoms with Gasteiger partial charge in [0.2, 0.25) is 0 Å². The summed E-state index contributed by atoms with van der Waals surface area (Å²) >= 11 is 0. The van der Waals surface area contributed by atoms with Gasteiger partial charge < -0.3 is 0 Å². The van der Waals surface area contributed by atoms with Crippen molar-refractivity contribution < 1.29 is 4.79 Å². The number of Topliss-reactive ketones (excluding diaryl/α,β-unsaturated/α-hetero) is 1. The highest BCUT2D eigenvalue weighted by atomic mass is 16.1. The van der Waals surface area contributed by atoms with Crippen LogP contribution in [0.15, 0.2) is 12.2 Å². The summed E-state index contributed by atoms with van der Waals surface area (Å²) in [5.41, 5.74) is 1.56. The highest BCUT2D eigenvalue weighted by Gasteiger charge is 2.49. The minimum atomic E-state index is 0.247. The van der Waals surface area contributed by atoms with Crippen molar-refractivity contribution >= 4 is 5.78 Å². The van der Waals surface area contributed by atoms with Crippen molar-refractivity contribution in [3.05, 3.63) is 12.2 Å². The van der Waals surface area contributed by atoms with E-state index in [-0.39, 0.29) is 5.41 Å². The number of carbonyl (C=O) groups is 1. The van der Waals surface area contributed by atoms with Gasteiger partial charge in [0.25, 0.3) is 0 Å². The number of hydrogen-bond acceptors (Lipinski definition) is 1. The molecule has 0 aromatic carbocycles. The van der Waals surface area contributed by atoms with E-state index in [1.54, 1.807) is 0 Å². The van der Waals surface area contributed by atoms with E-state index in [4.69, 9.17) is 0 Å². The average molecular weight is 220 g/mol. The molecule has 0 heterocycles. The first-order valence-corrected chi connectivity index (χ1v) is 6.63. The van der Waals surface area contributed by atoms with Gasteiger partial charge in [0.1, 0.15) is 5.78 Å². The summed E-state index contributed by atoms with van der Waals surface area (Å²) < 4.78 is 0. The number of rotatable bonds is 1. The van der Waals surface area contributed by atoms with Crippen LogP contribution in [0, 0.1) is 23.2 Å². The zero-order valence-electron chi connectivity index (χ0n) is 10.9. The van der Waals surface area contributed by atoms with Gasteiger partial charge in [-0.15, -0.1) is 0 Å². The SMILES string of the molecule is C=C(C)[C@@H]1CC[C@H]2C(=O)CC[C@H](C)[C@@]2(C)C1. The predicted molar refractivity (Wildman–Crippen MR) is 67.2 cm³/mol. The lowest BCUT2D eigenvalue weighted by molar-refractivity contribution is -0.136. The molecule has 90 valence electrons. The molecule has 0 bridgehead atoms. The Labute approximate surface area is 99.3 Å². The molecule has 1 heteroatoms. The minimum absolute atomic E-state index is 0.247. The first-order chi connectivity index (χ1) is 7.45. The number of ketones is 1. The van der Waals surface area contributed by atoms with Crippen LogP contribution < -0.4 is 0 Å². The second-order valence-electron chi connectivity index (χ2n) is 6.29. The molecule has 0 amide bonds. The summed E-state index contributed by atoms with van der Waals surface area (Å²) in [5, 5.41) is 0. The third-order valence-electron chi connectivity index (χ3n) is 5.32. The van der Waals surface area contributed by atoms with Crippen LogP contribution in [0.2, 0.25) is 0 Å². The van der Waals surface area contributed by atoms with Crippen molar-refractivity contribution in [1.82, 2.24) is 0 Å². The van der Waals surface area contributed by atoms with Gasteiger partial charge in [-0.25, -0.2) is 0 Å². The number of fused-ring (bicyclic) bond motifs is 1. The smallest absolute Gasteiger partial charge is 0.136 e. The van der Waals surface area contributed by atoms with Gasteiger partial charge in [0, 0.05) is 12.3 Å². The molecule has 2 rings (SSSR count). The summed E-state index contributed by atoms with van der Waals surface area (Å²) in [6.45, 7) is 10.9. The summed E-state index contributed by atoms with van der Waals surface area (Å²) in [4.78, 5) is 12.0. The Kier molecular flexibility index (Phi) is 2.98. The normalized spacial score (nSPS) is 43.9. The molecular weight excluding hydrogens is 196 g/mol. The lowest BCUT2D eigenvalue weighted by atomic mass is 9.53. The third-order valence-corrected chi connectivity index (χ3v) is 5.32. The van der Waals surface area contributed by atoms with Gasteiger partial charge in [-0.05, 0) is 49.9 Å². The van der Waals surface area contributed by atoms with Crippen molar-refractivity contribution in [3.63, 3.8) is 0 Å². The molecule has 1 nitrogen and oxygen atoms in total. The molecule has 0 aliphatic heterocycles. The van der Waals surface area contributed by atoms with Crippen LogP contribution >= 0.6 is 0 Å². The van der Waals surface area contributed by atoms with E-state index in [0.717, 1.165) is 19.3 Å². The quantitative estimate of drug-likeness (QED) is 0.611. The van der Waals surface area contributed by atoms with Crippen LogP contribution in [-0.2, 0) is 4.79 Å². The fourth-order valence-electron chi connectivity index (χ4n) is 3.83. The minimum Gasteiger partial charge on any atom is -0.299 e. The lowest BCUT2D eigenvalue weighted by Gasteiger charge is -2.51. The van der Waals surface area contributed by atoms with Crippen molar-refractivity contribution in [2.75, 3.05) is 0 Å². The molecular formula is C15H24O. The first kappa shape index (κ1) is 11.9. The predicted octanol–water partition coefficient (Wildman–Crippen LogP) is 3.98. The fourth-order valence-corrected chi connectivity index (χ4v) is 3.83. The molecule has 2 aliphatic rings. The summed E-state index contributed by atoms with van der Waals surface area (Å²) in [7, 11) is 0. The maximum atomic E-state index is 12.0. The van der Waals surface area contributed by atoms with Crippen LogP contribution in [0.4, 0.5) is 0 Å². The molecule has 0 aromatic rings. The van der Waals surface area contributed by atoms with Crippen molar-refractivity contribution in [1.29, 1.82) is 0 Å². The van der Waals surface area contributed by atoms with E-state index in [9.17, 15) is 4.79 Å². The van der Waals surface area contributed by atoms with Gasteiger partial charge in [-0.1, -0.05) is 26.0 Å². The maximum Gasteiger partial charge on any atom is 0.136 e. The highest BCUT2D eigenvalue weighted by Crippen LogP contribution is 2.54. The van der Waals surface area contributed by atoms with Crippen molar-refractivity contribution in [3.8, 4) is 0 Å². The van der Waals surface area contributed by atoms with Crippen LogP contribution in [0.1, 0.15) is 52.9 Å². The number of carbonyl (C=O) groups excluding carboxylic acids is 1.